The molecule has 0 radical (unpaired) electrons. The molecule has 0 spiro atoms. The molecular weight excluding hydrogens is 166 g/mol. The summed E-state index contributed by atoms with van der Waals surface area (Å²) in [4.78, 5) is 8.39. The van der Waals surface area contributed by atoms with Crippen molar-refractivity contribution >= 4 is 17.2 Å². The first-order valence-electron chi connectivity index (χ1n) is 4.04. The Morgan fingerprint density at radius 1 is 1.46 bits per heavy atom. The fraction of sp³-hybridized carbons (Fsp3) is 0.111. The number of nitrogens with zero attached hydrogens (tertiary/aromatic N) is 3. The lowest BCUT2D eigenvalue weighted by atomic mass is 10.4. The number of aromatic nitrogens is 3. The lowest BCUT2D eigenvalue weighted by Gasteiger charge is -2.07. The van der Waals surface area contributed by atoms with Crippen molar-refractivity contribution in [3.8, 4) is 0 Å². The van der Waals surface area contributed by atoms with E-state index < -0.39 is 0 Å². The molecule has 0 amide bonds. The summed E-state index contributed by atoms with van der Waals surface area (Å²) in [6.07, 6.45) is 7.07. The molecule has 4 heteroatoms. The van der Waals surface area contributed by atoms with Crippen LogP contribution in [0.4, 0.5) is 0 Å². The Balaban J connectivity index is 2.42. The Bertz CT molecular complexity index is 487. The molecule has 3 rings (SSSR count). The summed E-state index contributed by atoms with van der Waals surface area (Å²) in [6.45, 7) is 0.533. The molecule has 1 aliphatic heterocycles. The zero-order valence-corrected chi connectivity index (χ0v) is 6.84. The second kappa shape index (κ2) is 2.32. The highest BCUT2D eigenvalue weighted by Gasteiger charge is 2.10. The molecule has 1 aliphatic rings. The maximum atomic E-state index is 5.14. The van der Waals surface area contributed by atoms with Crippen LogP contribution < -0.4 is 0 Å². The third-order valence-corrected chi connectivity index (χ3v) is 2.08. The van der Waals surface area contributed by atoms with Crippen molar-refractivity contribution in [2.75, 3.05) is 0 Å². The molecule has 13 heavy (non-hydrogen) atoms. The highest BCUT2D eigenvalue weighted by Crippen LogP contribution is 2.18. The van der Waals surface area contributed by atoms with Gasteiger partial charge in [0.05, 0.1) is 11.7 Å². The van der Waals surface area contributed by atoms with Crippen LogP contribution in [0, 0.1) is 0 Å². The molecule has 0 saturated heterocycles. The van der Waals surface area contributed by atoms with Gasteiger partial charge in [-0.1, -0.05) is 0 Å². The van der Waals surface area contributed by atoms with Crippen molar-refractivity contribution < 1.29 is 4.74 Å². The average Bonchev–Trinajstić information content (AvgIpc) is 2.56. The standard InChI is InChI=1S/C9H7N3O/c1-2-10-5-7-8(1)12-3-4-13-6-9(12)11-7/h1-5H,6H2. The van der Waals surface area contributed by atoms with E-state index in [1.54, 1.807) is 18.7 Å². The van der Waals surface area contributed by atoms with Gasteiger partial charge in [-0.15, -0.1) is 0 Å². The molecule has 0 bridgehead atoms. The zero-order valence-electron chi connectivity index (χ0n) is 6.84. The molecular formula is C9H7N3O. The van der Waals surface area contributed by atoms with Crippen molar-refractivity contribution in [1.29, 1.82) is 0 Å². The first-order valence-corrected chi connectivity index (χ1v) is 4.04. The number of hydrogen-bond acceptors (Lipinski definition) is 3. The lowest BCUT2D eigenvalue weighted by molar-refractivity contribution is 0.221. The van der Waals surface area contributed by atoms with Crippen molar-refractivity contribution in [3.63, 3.8) is 0 Å². The Hall–Kier alpha value is -1.84. The van der Waals surface area contributed by atoms with E-state index in [4.69, 9.17) is 4.74 Å². The topological polar surface area (TPSA) is 39.9 Å². The number of hydrogen-bond donors (Lipinski definition) is 0. The van der Waals surface area contributed by atoms with Gasteiger partial charge >= 0.3 is 0 Å². The Labute approximate surface area is 74.5 Å². The molecule has 2 aromatic rings. The van der Waals surface area contributed by atoms with Gasteiger partial charge in [-0.05, 0) is 6.07 Å². The van der Waals surface area contributed by atoms with Crippen LogP contribution in [0.1, 0.15) is 5.82 Å². The van der Waals surface area contributed by atoms with Crippen LogP contribution in [-0.2, 0) is 11.3 Å². The maximum absolute atomic E-state index is 5.14. The van der Waals surface area contributed by atoms with Crippen LogP contribution in [0.2, 0.25) is 0 Å². The van der Waals surface area contributed by atoms with Gasteiger partial charge in [0.15, 0.2) is 5.82 Å². The average molecular weight is 173 g/mol. The van der Waals surface area contributed by atoms with E-state index in [-0.39, 0.29) is 0 Å². The molecule has 0 atom stereocenters. The number of imidazole rings is 1. The molecule has 0 N–H and O–H groups in total. The highest BCUT2D eigenvalue weighted by molar-refractivity contribution is 5.77. The molecule has 0 unspecified atom stereocenters. The van der Waals surface area contributed by atoms with Crippen LogP contribution in [0.25, 0.3) is 17.2 Å². The summed E-state index contributed by atoms with van der Waals surface area (Å²) in [5.74, 6) is 0.922. The monoisotopic (exact) mass is 173 g/mol. The van der Waals surface area contributed by atoms with E-state index in [1.165, 1.54) is 0 Å². The third-order valence-electron chi connectivity index (χ3n) is 2.08. The molecule has 0 saturated carbocycles. The molecule has 3 heterocycles. The Kier molecular flexibility index (Phi) is 1.19. The van der Waals surface area contributed by atoms with Crippen LogP contribution in [0.5, 0.6) is 0 Å². The predicted octanol–water partition coefficient (Wildman–Crippen LogP) is 1.39. The van der Waals surface area contributed by atoms with Crippen LogP contribution in [0.15, 0.2) is 24.7 Å². The normalized spacial score (nSPS) is 14.2. The van der Waals surface area contributed by atoms with Crippen LogP contribution in [0.3, 0.4) is 0 Å². The van der Waals surface area contributed by atoms with Crippen molar-refractivity contribution in [1.82, 2.24) is 14.5 Å². The molecule has 0 aromatic carbocycles. The Morgan fingerprint density at radius 3 is 3.46 bits per heavy atom. The van der Waals surface area contributed by atoms with Gasteiger partial charge in [0.2, 0.25) is 0 Å². The maximum Gasteiger partial charge on any atom is 0.152 e. The van der Waals surface area contributed by atoms with Crippen LogP contribution >= 0.6 is 0 Å². The minimum Gasteiger partial charge on any atom is -0.492 e. The number of fused-ring (bicyclic) bond motifs is 3. The zero-order chi connectivity index (χ0) is 8.67. The smallest absolute Gasteiger partial charge is 0.152 e. The van der Waals surface area contributed by atoms with Crippen LogP contribution in [-0.4, -0.2) is 14.5 Å². The third kappa shape index (κ3) is 0.853. The number of rotatable bonds is 0. The summed E-state index contributed by atoms with van der Waals surface area (Å²) in [7, 11) is 0. The SMILES string of the molecule is C1=Cn2c(nc3cnccc32)CO1. The van der Waals surface area contributed by atoms with E-state index in [1.807, 2.05) is 16.8 Å². The van der Waals surface area contributed by atoms with Crippen molar-refractivity contribution in [2.24, 2.45) is 0 Å². The fourth-order valence-corrected chi connectivity index (χ4v) is 1.50. The summed E-state index contributed by atoms with van der Waals surface area (Å²) in [5.41, 5.74) is 1.98. The van der Waals surface area contributed by atoms with Gasteiger partial charge in [0, 0.05) is 12.4 Å². The van der Waals surface area contributed by atoms with E-state index >= 15 is 0 Å². The van der Waals surface area contributed by atoms with E-state index in [0.717, 1.165) is 16.9 Å². The summed E-state index contributed by atoms with van der Waals surface area (Å²) in [6, 6.07) is 1.95. The molecule has 0 fully saturated rings. The molecule has 2 aromatic heterocycles. The second-order valence-electron chi connectivity index (χ2n) is 2.86. The van der Waals surface area contributed by atoms with Gasteiger partial charge in [0.1, 0.15) is 18.4 Å². The largest absolute Gasteiger partial charge is 0.492 e. The lowest BCUT2D eigenvalue weighted by Crippen LogP contribution is -2.02. The number of pyridine rings is 1. The van der Waals surface area contributed by atoms with Gasteiger partial charge in [-0.2, -0.15) is 0 Å². The van der Waals surface area contributed by atoms with Crippen molar-refractivity contribution in [3.05, 3.63) is 30.5 Å². The summed E-state index contributed by atoms with van der Waals surface area (Å²) < 4.78 is 7.16. The van der Waals surface area contributed by atoms with E-state index in [9.17, 15) is 0 Å². The summed E-state index contributed by atoms with van der Waals surface area (Å²) >= 11 is 0. The quantitative estimate of drug-likeness (QED) is 0.604. The fourth-order valence-electron chi connectivity index (χ4n) is 1.50. The number of ether oxygens (including phenoxy) is 1. The highest BCUT2D eigenvalue weighted by atomic mass is 16.5. The Morgan fingerprint density at radius 2 is 2.46 bits per heavy atom. The van der Waals surface area contributed by atoms with E-state index in [0.29, 0.717) is 6.61 Å². The van der Waals surface area contributed by atoms with E-state index in [2.05, 4.69) is 9.97 Å². The van der Waals surface area contributed by atoms with Gasteiger partial charge < -0.3 is 4.74 Å². The minimum absolute atomic E-state index is 0.533. The molecule has 64 valence electrons. The summed E-state index contributed by atoms with van der Waals surface area (Å²) in [5, 5.41) is 0. The first-order chi connectivity index (χ1) is 6.45. The first kappa shape index (κ1) is 6.65. The predicted molar refractivity (Wildman–Crippen MR) is 47.6 cm³/mol. The van der Waals surface area contributed by atoms with Gasteiger partial charge in [-0.3, -0.25) is 9.55 Å². The molecule has 0 aliphatic carbocycles. The minimum atomic E-state index is 0.533. The van der Waals surface area contributed by atoms with Gasteiger partial charge in [-0.25, -0.2) is 4.98 Å². The molecule has 4 nitrogen and oxygen atoms in total. The second-order valence-corrected chi connectivity index (χ2v) is 2.86. The van der Waals surface area contributed by atoms with Gasteiger partial charge in [0.25, 0.3) is 0 Å². The van der Waals surface area contributed by atoms with Crippen molar-refractivity contribution in [2.45, 2.75) is 6.61 Å².